The number of hydrazine groups is 1. The molecule has 0 aromatic heterocycles. The zero-order valence-corrected chi connectivity index (χ0v) is 12.0. The maximum Gasteiger partial charge on any atom is 0.352 e. The first-order valence-corrected chi connectivity index (χ1v) is 6.49. The van der Waals surface area contributed by atoms with Crippen LogP contribution in [0.5, 0.6) is 5.75 Å². The molecule has 0 saturated heterocycles. The Morgan fingerprint density at radius 2 is 1.83 bits per heavy atom. The van der Waals surface area contributed by atoms with E-state index in [1.54, 1.807) is 30.3 Å². The molecule has 1 aromatic carbocycles. The van der Waals surface area contributed by atoms with Crippen LogP contribution in [-0.2, 0) is 15.3 Å². The molecule has 114 valence electrons. The van der Waals surface area contributed by atoms with Crippen molar-refractivity contribution in [2.24, 2.45) is 11.6 Å². The molecule has 0 saturated carbocycles. The van der Waals surface area contributed by atoms with Gasteiger partial charge in [-0.05, 0) is 24.3 Å². The van der Waals surface area contributed by atoms with E-state index in [4.69, 9.17) is 21.1 Å². The Bertz CT molecular complexity index is 857. The van der Waals surface area contributed by atoms with Crippen molar-refractivity contribution in [3.63, 3.8) is 0 Å². The number of nitrogens with two attached hydrogens (primary N) is 2. The van der Waals surface area contributed by atoms with Gasteiger partial charge < -0.3 is 15.2 Å². The summed E-state index contributed by atoms with van der Waals surface area (Å²) in [5.41, 5.74) is 4.42. The fourth-order valence-electron chi connectivity index (χ4n) is 2.76. The number of methoxy groups -OCH3 is 1. The molecule has 1 atom stereocenters. The van der Waals surface area contributed by atoms with Gasteiger partial charge in [-0.1, -0.05) is 0 Å². The molecule has 8 nitrogen and oxygen atoms in total. The highest BCUT2D eigenvalue weighted by atomic mass is 16.6. The van der Waals surface area contributed by atoms with Crippen molar-refractivity contribution in [2.75, 3.05) is 7.11 Å². The number of esters is 1. The van der Waals surface area contributed by atoms with E-state index in [2.05, 4.69) is 0 Å². The molecular weight excluding hydrogens is 298 g/mol. The molecule has 23 heavy (non-hydrogen) atoms. The summed E-state index contributed by atoms with van der Waals surface area (Å²) in [7, 11) is 1.51. The van der Waals surface area contributed by atoms with E-state index in [0.29, 0.717) is 11.3 Å². The number of hydrogen-bond acceptors (Lipinski definition) is 8. The van der Waals surface area contributed by atoms with Gasteiger partial charge in [0.1, 0.15) is 34.9 Å². The van der Waals surface area contributed by atoms with Crippen LogP contribution in [0.1, 0.15) is 5.56 Å². The van der Waals surface area contributed by atoms with Gasteiger partial charge >= 0.3 is 5.97 Å². The molecule has 0 amide bonds. The van der Waals surface area contributed by atoms with Gasteiger partial charge in [0.25, 0.3) is 5.72 Å². The van der Waals surface area contributed by atoms with Crippen LogP contribution in [0.25, 0.3) is 0 Å². The first-order chi connectivity index (χ1) is 11.0. The summed E-state index contributed by atoms with van der Waals surface area (Å²) in [5.74, 6) is 5.66. The third-order valence-electron chi connectivity index (χ3n) is 3.84. The topological polar surface area (TPSA) is 138 Å². The number of rotatable bonds is 2. The lowest BCUT2D eigenvalue weighted by molar-refractivity contribution is -0.161. The number of benzene rings is 1. The first-order valence-electron chi connectivity index (χ1n) is 6.49. The van der Waals surface area contributed by atoms with Gasteiger partial charge in [0.2, 0.25) is 0 Å². The quantitative estimate of drug-likeness (QED) is 0.579. The molecule has 1 aromatic rings. The second-order valence-corrected chi connectivity index (χ2v) is 4.87. The van der Waals surface area contributed by atoms with Crippen molar-refractivity contribution >= 4 is 5.97 Å². The zero-order chi connectivity index (χ0) is 16.8. The average molecular weight is 309 g/mol. The maximum absolute atomic E-state index is 12.1. The third-order valence-corrected chi connectivity index (χ3v) is 3.84. The molecule has 0 radical (unpaired) electrons. The predicted octanol–water partition coefficient (Wildman–Crippen LogP) is 0.108. The average Bonchev–Trinajstić information content (AvgIpc) is 2.98. The van der Waals surface area contributed by atoms with E-state index in [1.165, 1.54) is 7.11 Å². The van der Waals surface area contributed by atoms with Crippen LogP contribution in [0.15, 0.2) is 46.8 Å². The van der Waals surface area contributed by atoms with Gasteiger partial charge in [-0.2, -0.15) is 10.5 Å². The van der Waals surface area contributed by atoms with Crippen LogP contribution < -0.4 is 16.3 Å². The van der Waals surface area contributed by atoms with E-state index >= 15 is 0 Å². The highest BCUT2D eigenvalue weighted by molar-refractivity contribution is 5.99. The van der Waals surface area contributed by atoms with E-state index in [9.17, 15) is 15.3 Å². The highest BCUT2D eigenvalue weighted by Crippen LogP contribution is 2.51. The van der Waals surface area contributed by atoms with Gasteiger partial charge in [-0.25, -0.2) is 15.6 Å². The summed E-state index contributed by atoms with van der Waals surface area (Å²) in [6.07, 6.45) is 0. The van der Waals surface area contributed by atoms with E-state index < -0.39 is 11.7 Å². The molecule has 2 aliphatic heterocycles. The largest absolute Gasteiger partial charge is 0.497 e. The van der Waals surface area contributed by atoms with Crippen molar-refractivity contribution in [3.8, 4) is 17.9 Å². The molecule has 0 spiro atoms. The SMILES string of the molecule is COc1ccc(C23OC(=O)C(C#N)=C2C(C#N)=C(N)N3N)cc1. The minimum atomic E-state index is -1.62. The number of carbonyl (C=O) groups is 1. The van der Waals surface area contributed by atoms with E-state index in [0.717, 1.165) is 5.01 Å². The maximum atomic E-state index is 12.1. The Morgan fingerprint density at radius 3 is 2.35 bits per heavy atom. The minimum absolute atomic E-state index is 0.0503. The van der Waals surface area contributed by atoms with Gasteiger partial charge in [0.05, 0.1) is 12.7 Å². The van der Waals surface area contributed by atoms with Gasteiger partial charge in [-0.3, -0.25) is 0 Å². The van der Waals surface area contributed by atoms with Crippen molar-refractivity contribution in [1.82, 2.24) is 5.01 Å². The van der Waals surface area contributed by atoms with Gasteiger partial charge in [0, 0.05) is 5.56 Å². The summed E-state index contributed by atoms with van der Waals surface area (Å²) in [6, 6.07) is 10.2. The minimum Gasteiger partial charge on any atom is -0.497 e. The lowest BCUT2D eigenvalue weighted by atomic mass is 9.91. The van der Waals surface area contributed by atoms with Crippen molar-refractivity contribution in [3.05, 3.63) is 52.4 Å². The molecule has 0 bridgehead atoms. The molecule has 1 unspecified atom stereocenters. The van der Waals surface area contributed by atoms with Crippen LogP contribution >= 0.6 is 0 Å². The Labute approximate surface area is 131 Å². The van der Waals surface area contributed by atoms with Crippen molar-refractivity contribution < 1.29 is 14.3 Å². The first kappa shape index (κ1) is 14.4. The molecule has 2 heterocycles. The number of nitrogens with zero attached hydrogens (tertiary/aromatic N) is 3. The second-order valence-electron chi connectivity index (χ2n) is 4.87. The van der Waals surface area contributed by atoms with Crippen molar-refractivity contribution in [1.29, 1.82) is 10.5 Å². The number of nitriles is 2. The molecule has 8 heteroatoms. The molecular formula is C15H11N5O3. The van der Waals surface area contributed by atoms with Gasteiger partial charge in [0.15, 0.2) is 0 Å². The van der Waals surface area contributed by atoms with Crippen LogP contribution in [0, 0.1) is 22.7 Å². The highest BCUT2D eigenvalue weighted by Gasteiger charge is 2.59. The smallest absolute Gasteiger partial charge is 0.352 e. The van der Waals surface area contributed by atoms with Crippen LogP contribution in [0.4, 0.5) is 0 Å². The van der Waals surface area contributed by atoms with Gasteiger partial charge in [-0.15, -0.1) is 0 Å². The Hall–Kier alpha value is -3.49. The fourth-order valence-corrected chi connectivity index (χ4v) is 2.76. The Balaban J connectivity index is 2.29. The molecule has 3 rings (SSSR count). The Kier molecular flexibility index (Phi) is 2.99. The standard InChI is InChI=1S/C15H11N5O3/c1-22-9-4-2-8(3-5-9)15-12(11(7-17)14(21)23-15)10(6-16)13(18)20(15)19/h2-5H,18-19H2,1H3. The molecule has 4 N–H and O–H groups in total. The van der Waals surface area contributed by atoms with Crippen LogP contribution in [0.3, 0.4) is 0 Å². The summed E-state index contributed by atoms with van der Waals surface area (Å²) in [5, 5.41) is 19.6. The Morgan fingerprint density at radius 1 is 1.22 bits per heavy atom. The number of hydrogen-bond donors (Lipinski definition) is 2. The van der Waals surface area contributed by atoms with Crippen LogP contribution in [-0.4, -0.2) is 18.1 Å². The monoisotopic (exact) mass is 309 g/mol. The molecule has 2 aliphatic rings. The lowest BCUT2D eigenvalue weighted by Gasteiger charge is -2.34. The second kappa shape index (κ2) is 4.77. The number of carbonyl (C=O) groups excluding carboxylic acids is 1. The molecule has 0 fully saturated rings. The third kappa shape index (κ3) is 1.64. The fraction of sp³-hybridized carbons (Fsp3) is 0.133. The lowest BCUT2D eigenvalue weighted by Crippen LogP contribution is -2.49. The van der Waals surface area contributed by atoms with Crippen molar-refractivity contribution in [2.45, 2.75) is 5.72 Å². The van der Waals surface area contributed by atoms with E-state index in [-0.39, 0.29) is 22.5 Å². The summed E-state index contributed by atoms with van der Waals surface area (Å²) in [6.45, 7) is 0. The predicted molar refractivity (Wildman–Crippen MR) is 76.3 cm³/mol. The van der Waals surface area contributed by atoms with E-state index in [1.807, 2.05) is 6.07 Å². The van der Waals surface area contributed by atoms with Crippen LogP contribution in [0.2, 0.25) is 0 Å². The normalized spacial score (nSPS) is 22.6. The summed E-state index contributed by atoms with van der Waals surface area (Å²) < 4.78 is 10.5. The summed E-state index contributed by atoms with van der Waals surface area (Å²) >= 11 is 0. The number of ether oxygens (including phenoxy) is 2. The number of fused-ring (bicyclic) bond motifs is 1. The summed E-state index contributed by atoms with van der Waals surface area (Å²) in [4.78, 5) is 12.1. The zero-order valence-electron chi connectivity index (χ0n) is 12.0. The molecule has 0 aliphatic carbocycles.